The first-order valence-corrected chi connectivity index (χ1v) is 9.88. The van der Waals surface area contributed by atoms with Gasteiger partial charge >= 0.3 is 0 Å². The number of hydrogen-bond donors (Lipinski definition) is 0. The van der Waals surface area contributed by atoms with Crippen molar-refractivity contribution < 1.29 is 18.7 Å². The van der Waals surface area contributed by atoms with Crippen LogP contribution in [0.25, 0.3) is 6.08 Å². The minimum Gasteiger partial charge on any atom is -0.497 e. The van der Waals surface area contributed by atoms with Crippen LogP contribution < -0.4 is 9.47 Å². The Morgan fingerprint density at radius 2 is 2.14 bits per heavy atom. The molecule has 0 N–H and O–H groups in total. The Labute approximate surface area is 167 Å². The van der Waals surface area contributed by atoms with Gasteiger partial charge in [-0.2, -0.15) is 0 Å². The van der Waals surface area contributed by atoms with Gasteiger partial charge in [-0.05, 0) is 47.7 Å². The van der Waals surface area contributed by atoms with E-state index in [1.54, 1.807) is 50.2 Å². The third-order valence-corrected chi connectivity index (χ3v) is 5.95. The predicted molar refractivity (Wildman–Crippen MR) is 109 cm³/mol. The minimum atomic E-state index is -0.189. The number of methoxy groups -OCH3 is 2. The van der Waals surface area contributed by atoms with E-state index in [0.717, 1.165) is 23.3 Å². The molecule has 1 aliphatic rings. The molecule has 3 aromatic rings. The largest absolute Gasteiger partial charge is 0.497 e. The van der Waals surface area contributed by atoms with Gasteiger partial charge in [0.1, 0.15) is 11.5 Å². The molecule has 3 heterocycles. The zero-order valence-corrected chi connectivity index (χ0v) is 16.6. The maximum atomic E-state index is 13.1. The quantitative estimate of drug-likeness (QED) is 0.595. The lowest BCUT2D eigenvalue weighted by atomic mass is 9.94. The van der Waals surface area contributed by atoms with E-state index in [9.17, 15) is 4.79 Å². The number of carbonyl (C=O) groups excluding carboxylic acids is 1. The van der Waals surface area contributed by atoms with E-state index in [2.05, 4.69) is 11.4 Å². The van der Waals surface area contributed by atoms with E-state index < -0.39 is 0 Å². The Hall–Kier alpha value is -2.99. The number of furan rings is 1. The molecule has 0 fully saturated rings. The Balaban J connectivity index is 1.73. The molecule has 1 amide bonds. The third kappa shape index (κ3) is 3.43. The normalized spacial score (nSPS) is 16.2. The molecule has 1 aromatic carbocycles. The standard InChI is InChI=1S/C22H21NO4S/c1-25-17-4-5-18(19(13-17)26-2)21-22-16(9-12-28-22)7-10-23(21)20(24)6-3-15-8-11-27-14-15/h3-6,8-9,11-14,21H,7,10H2,1-2H3/b6-3+. The van der Waals surface area contributed by atoms with Crippen LogP contribution in [0, 0.1) is 0 Å². The van der Waals surface area contributed by atoms with Crippen LogP contribution in [-0.2, 0) is 11.2 Å². The number of benzene rings is 1. The van der Waals surface area contributed by atoms with Crippen LogP contribution in [0.5, 0.6) is 11.5 Å². The molecule has 0 spiro atoms. The van der Waals surface area contributed by atoms with E-state index >= 15 is 0 Å². The molecule has 0 aliphatic carbocycles. The second kappa shape index (κ2) is 7.94. The van der Waals surface area contributed by atoms with Crippen LogP contribution in [0.3, 0.4) is 0 Å². The second-order valence-electron chi connectivity index (χ2n) is 6.49. The van der Waals surface area contributed by atoms with Crippen molar-refractivity contribution in [3.05, 3.63) is 75.9 Å². The van der Waals surface area contributed by atoms with Crippen LogP contribution in [0.1, 0.15) is 27.6 Å². The molecule has 4 rings (SSSR count). The summed E-state index contributed by atoms with van der Waals surface area (Å²) in [6.07, 6.45) is 7.43. The molecular formula is C22H21NO4S. The maximum absolute atomic E-state index is 13.1. The van der Waals surface area contributed by atoms with Crippen molar-refractivity contribution in [1.82, 2.24) is 4.90 Å². The highest BCUT2D eigenvalue weighted by atomic mass is 32.1. The van der Waals surface area contributed by atoms with Gasteiger partial charge in [0, 0.05) is 34.7 Å². The first-order chi connectivity index (χ1) is 13.7. The molecule has 1 atom stereocenters. The SMILES string of the molecule is COc1ccc(C2c3sccc3CCN2C(=O)/C=C/c2ccoc2)c(OC)c1. The van der Waals surface area contributed by atoms with Gasteiger partial charge in [0.15, 0.2) is 0 Å². The molecule has 144 valence electrons. The van der Waals surface area contributed by atoms with E-state index in [4.69, 9.17) is 13.9 Å². The average molecular weight is 395 g/mol. The Morgan fingerprint density at radius 1 is 1.25 bits per heavy atom. The van der Waals surface area contributed by atoms with E-state index in [-0.39, 0.29) is 11.9 Å². The van der Waals surface area contributed by atoms with Gasteiger partial charge in [-0.3, -0.25) is 4.79 Å². The minimum absolute atomic E-state index is 0.0388. The van der Waals surface area contributed by atoms with Crippen molar-refractivity contribution in [3.63, 3.8) is 0 Å². The summed E-state index contributed by atoms with van der Waals surface area (Å²) in [5.41, 5.74) is 3.10. The highest BCUT2D eigenvalue weighted by molar-refractivity contribution is 7.10. The predicted octanol–water partition coefficient (Wildman–Crippen LogP) is 4.55. The number of carbonyl (C=O) groups is 1. The number of rotatable bonds is 5. The first-order valence-electron chi connectivity index (χ1n) is 9.00. The van der Waals surface area contributed by atoms with Gasteiger partial charge in [-0.25, -0.2) is 0 Å². The van der Waals surface area contributed by atoms with Crippen LogP contribution in [0.4, 0.5) is 0 Å². The number of amides is 1. The van der Waals surface area contributed by atoms with Crippen LogP contribution in [-0.4, -0.2) is 31.6 Å². The molecule has 2 aromatic heterocycles. The van der Waals surface area contributed by atoms with Crippen molar-refractivity contribution in [3.8, 4) is 11.5 Å². The number of fused-ring (bicyclic) bond motifs is 1. The Morgan fingerprint density at radius 3 is 2.89 bits per heavy atom. The lowest BCUT2D eigenvalue weighted by Crippen LogP contribution is -2.39. The van der Waals surface area contributed by atoms with Crippen LogP contribution >= 0.6 is 11.3 Å². The molecule has 5 nitrogen and oxygen atoms in total. The molecule has 28 heavy (non-hydrogen) atoms. The molecule has 0 saturated heterocycles. The number of nitrogens with zero attached hydrogens (tertiary/aromatic N) is 1. The fourth-order valence-electron chi connectivity index (χ4n) is 3.53. The summed E-state index contributed by atoms with van der Waals surface area (Å²) in [7, 11) is 3.27. The van der Waals surface area contributed by atoms with Gasteiger partial charge in [-0.15, -0.1) is 11.3 Å². The summed E-state index contributed by atoms with van der Waals surface area (Å²) in [4.78, 5) is 16.2. The van der Waals surface area contributed by atoms with Gasteiger partial charge < -0.3 is 18.8 Å². The lowest BCUT2D eigenvalue weighted by Gasteiger charge is -2.36. The molecule has 1 aliphatic heterocycles. The van der Waals surface area contributed by atoms with Gasteiger partial charge in [0.25, 0.3) is 0 Å². The zero-order valence-electron chi connectivity index (χ0n) is 15.8. The Kier molecular flexibility index (Phi) is 5.21. The van der Waals surface area contributed by atoms with Gasteiger partial charge in [-0.1, -0.05) is 0 Å². The summed E-state index contributed by atoms with van der Waals surface area (Å²) in [6.45, 7) is 0.651. The number of hydrogen-bond acceptors (Lipinski definition) is 5. The number of thiophene rings is 1. The topological polar surface area (TPSA) is 51.9 Å². The van der Waals surface area contributed by atoms with Crippen LogP contribution in [0.15, 0.2) is 58.7 Å². The zero-order chi connectivity index (χ0) is 19.5. The van der Waals surface area contributed by atoms with Gasteiger partial charge in [0.05, 0.1) is 32.8 Å². The molecule has 1 unspecified atom stereocenters. The third-order valence-electron chi connectivity index (χ3n) is 4.94. The van der Waals surface area contributed by atoms with E-state index in [1.807, 2.05) is 29.2 Å². The monoisotopic (exact) mass is 395 g/mol. The summed E-state index contributed by atoms with van der Waals surface area (Å²) in [6, 6.07) is 9.53. The molecule has 0 bridgehead atoms. The lowest BCUT2D eigenvalue weighted by molar-refractivity contribution is -0.127. The molecule has 0 radical (unpaired) electrons. The van der Waals surface area contributed by atoms with Crippen LogP contribution in [0.2, 0.25) is 0 Å². The highest BCUT2D eigenvalue weighted by Crippen LogP contribution is 2.42. The van der Waals surface area contributed by atoms with Crippen molar-refractivity contribution in [2.75, 3.05) is 20.8 Å². The van der Waals surface area contributed by atoms with Gasteiger partial charge in [0.2, 0.25) is 5.91 Å². The summed E-state index contributed by atoms with van der Waals surface area (Å²) in [5, 5.41) is 2.09. The van der Waals surface area contributed by atoms with E-state index in [1.165, 1.54) is 10.4 Å². The van der Waals surface area contributed by atoms with Crippen molar-refractivity contribution in [2.45, 2.75) is 12.5 Å². The van der Waals surface area contributed by atoms with Crippen molar-refractivity contribution >= 4 is 23.3 Å². The second-order valence-corrected chi connectivity index (χ2v) is 7.44. The highest BCUT2D eigenvalue weighted by Gasteiger charge is 2.34. The summed E-state index contributed by atoms with van der Waals surface area (Å²) >= 11 is 1.67. The maximum Gasteiger partial charge on any atom is 0.247 e. The summed E-state index contributed by atoms with van der Waals surface area (Å²) in [5.74, 6) is 1.39. The first kappa shape index (κ1) is 18.4. The molecular weight excluding hydrogens is 374 g/mol. The van der Waals surface area contributed by atoms with Crippen molar-refractivity contribution in [2.24, 2.45) is 0 Å². The van der Waals surface area contributed by atoms with Crippen molar-refractivity contribution in [1.29, 1.82) is 0 Å². The average Bonchev–Trinajstić information content (AvgIpc) is 3.42. The number of ether oxygens (including phenoxy) is 2. The Bertz CT molecular complexity index is 990. The fourth-order valence-corrected chi connectivity index (χ4v) is 4.61. The smallest absolute Gasteiger partial charge is 0.247 e. The molecule has 6 heteroatoms. The van der Waals surface area contributed by atoms with E-state index in [0.29, 0.717) is 12.3 Å². The molecule has 0 saturated carbocycles. The summed E-state index contributed by atoms with van der Waals surface area (Å²) < 4.78 is 16.0. The fraction of sp³-hybridized carbons (Fsp3) is 0.227.